The van der Waals surface area contributed by atoms with Gasteiger partial charge in [0, 0.05) is 18.7 Å². The number of nitrogens with two attached hydrogens (primary N) is 1. The van der Waals surface area contributed by atoms with E-state index >= 15 is 0 Å². The molecule has 5 heteroatoms. The lowest BCUT2D eigenvalue weighted by atomic mass is 10.0. The number of aliphatic hydroxyl groups is 1. The molecule has 0 amide bonds. The minimum atomic E-state index is -0.774. The van der Waals surface area contributed by atoms with Crippen molar-refractivity contribution in [3.63, 3.8) is 0 Å². The average molecular weight is 272 g/mol. The van der Waals surface area contributed by atoms with Gasteiger partial charge in [0.2, 0.25) is 0 Å². The summed E-state index contributed by atoms with van der Waals surface area (Å²) in [6.45, 7) is 4.61. The molecule has 0 radical (unpaired) electrons. The molecule has 0 aliphatic rings. The largest absolute Gasteiger partial charge is 0.389 e. The molecule has 19 heavy (non-hydrogen) atoms. The zero-order chi connectivity index (χ0) is 14.6. The van der Waals surface area contributed by atoms with Gasteiger partial charge in [0.25, 0.3) is 0 Å². The summed E-state index contributed by atoms with van der Waals surface area (Å²) in [7, 11) is 1.87. The molecule has 0 aliphatic carbocycles. The second-order valence-corrected chi connectivity index (χ2v) is 5.65. The van der Waals surface area contributed by atoms with Crippen molar-refractivity contribution in [3.8, 4) is 0 Å². The molecule has 1 rings (SSSR count). The minimum absolute atomic E-state index is 0.422. The minimum Gasteiger partial charge on any atom is -0.389 e. The fourth-order valence-electron chi connectivity index (χ4n) is 2.05. The van der Waals surface area contributed by atoms with Gasteiger partial charge in [-0.05, 0) is 51.6 Å². The molecule has 1 aromatic rings. The lowest BCUT2D eigenvalue weighted by Crippen LogP contribution is -2.37. The summed E-state index contributed by atoms with van der Waals surface area (Å²) in [5.74, 6) is -1.23. The molecular weight excluding hydrogens is 250 g/mol. The van der Waals surface area contributed by atoms with E-state index in [1.165, 1.54) is 12.1 Å². The van der Waals surface area contributed by atoms with Gasteiger partial charge in [0.1, 0.15) is 11.6 Å². The summed E-state index contributed by atoms with van der Waals surface area (Å²) in [4.78, 5) is 1.94. The summed E-state index contributed by atoms with van der Waals surface area (Å²) in [6.07, 6.45) is 0.565. The third-order valence-electron chi connectivity index (χ3n) is 2.79. The number of halogens is 2. The first kappa shape index (κ1) is 16.0. The van der Waals surface area contributed by atoms with E-state index in [0.717, 1.165) is 6.07 Å². The predicted molar refractivity (Wildman–Crippen MR) is 71.7 cm³/mol. The smallest absolute Gasteiger partial charge is 0.126 e. The van der Waals surface area contributed by atoms with E-state index in [-0.39, 0.29) is 0 Å². The maximum atomic E-state index is 13.1. The number of rotatable bonds is 6. The van der Waals surface area contributed by atoms with Gasteiger partial charge in [-0.15, -0.1) is 0 Å². The van der Waals surface area contributed by atoms with Crippen LogP contribution in [0.5, 0.6) is 0 Å². The number of nitrogens with zero attached hydrogens (tertiary/aromatic N) is 1. The lowest BCUT2D eigenvalue weighted by Gasteiger charge is -2.26. The first-order chi connectivity index (χ1) is 8.67. The molecule has 0 fully saturated rings. The van der Waals surface area contributed by atoms with Gasteiger partial charge in [-0.3, -0.25) is 0 Å². The third kappa shape index (κ3) is 6.09. The van der Waals surface area contributed by atoms with Gasteiger partial charge in [0.15, 0.2) is 0 Å². The lowest BCUT2D eigenvalue weighted by molar-refractivity contribution is 0.0438. The van der Waals surface area contributed by atoms with Crippen LogP contribution in [-0.4, -0.2) is 35.7 Å². The topological polar surface area (TPSA) is 49.5 Å². The van der Waals surface area contributed by atoms with E-state index in [4.69, 9.17) is 5.73 Å². The maximum absolute atomic E-state index is 13.1. The highest BCUT2D eigenvalue weighted by Crippen LogP contribution is 2.17. The first-order valence-corrected chi connectivity index (χ1v) is 6.30. The zero-order valence-corrected chi connectivity index (χ0v) is 11.7. The van der Waals surface area contributed by atoms with Crippen LogP contribution in [0.15, 0.2) is 18.2 Å². The van der Waals surface area contributed by atoms with Crippen molar-refractivity contribution >= 4 is 0 Å². The summed E-state index contributed by atoms with van der Waals surface area (Å²) < 4.78 is 26.1. The Morgan fingerprint density at radius 3 is 2.26 bits per heavy atom. The zero-order valence-electron chi connectivity index (χ0n) is 11.7. The average Bonchev–Trinajstić information content (AvgIpc) is 2.22. The van der Waals surface area contributed by atoms with Gasteiger partial charge in [-0.1, -0.05) is 0 Å². The highest BCUT2D eigenvalue weighted by Gasteiger charge is 2.16. The van der Waals surface area contributed by atoms with Crippen molar-refractivity contribution in [1.29, 1.82) is 0 Å². The van der Waals surface area contributed by atoms with Crippen molar-refractivity contribution in [1.82, 2.24) is 4.90 Å². The van der Waals surface area contributed by atoms with Gasteiger partial charge in [0.05, 0.1) is 5.60 Å². The van der Waals surface area contributed by atoms with Crippen molar-refractivity contribution in [2.45, 2.75) is 31.9 Å². The molecule has 3 N–H and O–H groups in total. The molecule has 0 heterocycles. The normalized spacial score (nSPS) is 13.9. The summed E-state index contributed by atoms with van der Waals surface area (Å²) in [5.41, 5.74) is 5.60. The van der Waals surface area contributed by atoms with Crippen LogP contribution in [0.1, 0.15) is 31.9 Å². The summed E-state index contributed by atoms with van der Waals surface area (Å²) >= 11 is 0. The molecular formula is C14H22F2N2O. The second-order valence-electron chi connectivity index (χ2n) is 5.65. The molecule has 1 atom stereocenters. The van der Waals surface area contributed by atoms with Crippen molar-refractivity contribution in [2.75, 3.05) is 20.1 Å². The number of hydrogen-bond donors (Lipinski definition) is 2. The SMILES string of the molecule is CN(CCC(N)c1cc(F)cc(F)c1)CC(C)(C)O. The molecule has 0 bridgehead atoms. The quantitative estimate of drug-likeness (QED) is 0.833. The number of benzene rings is 1. The van der Waals surface area contributed by atoms with Crippen molar-refractivity contribution in [3.05, 3.63) is 35.4 Å². The molecule has 108 valence electrons. The number of likely N-dealkylation sites (N-methyl/N-ethyl adjacent to an activating group) is 1. The molecule has 3 nitrogen and oxygen atoms in total. The molecule has 0 aliphatic heterocycles. The molecule has 0 saturated carbocycles. The highest BCUT2D eigenvalue weighted by atomic mass is 19.1. The van der Waals surface area contributed by atoms with Gasteiger partial charge in [-0.25, -0.2) is 8.78 Å². The fourth-order valence-corrected chi connectivity index (χ4v) is 2.05. The highest BCUT2D eigenvalue weighted by molar-refractivity contribution is 5.21. The Morgan fingerprint density at radius 1 is 1.26 bits per heavy atom. The standard InChI is InChI=1S/C14H22F2N2O/c1-14(2,19)9-18(3)5-4-13(17)10-6-11(15)8-12(16)7-10/h6-8,13,19H,4-5,9,17H2,1-3H3. The monoisotopic (exact) mass is 272 g/mol. The van der Waals surface area contributed by atoms with Crippen LogP contribution in [0.2, 0.25) is 0 Å². The van der Waals surface area contributed by atoms with E-state index in [1.54, 1.807) is 13.8 Å². The Labute approximate surface area is 113 Å². The van der Waals surface area contributed by atoms with Crippen LogP contribution in [-0.2, 0) is 0 Å². The Balaban J connectivity index is 2.53. The van der Waals surface area contributed by atoms with Crippen LogP contribution < -0.4 is 5.73 Å². The van der Waals surface area contributed by atoms with E-state index in [0.29, 0.717) is 25.1 Å². The maximum Gasteiger partial charge on any atom is 0.126 e. The van der Waals surface area contributed by atoms with Crippen LogP contribution in [0.3, 0.4) is 0 Å². The van der Waals surface area contributed by atoms with Crippen molar-refractivity contribution in [2.24, 2.45) is 5.73 Å². The molecule has 1 unspecified atom stereocenters. The van der Waals surface area contributed by atoms with E-state index < -0.39 is 23.3 Å². The summed E-state index contributed by atoms with van der Waals surface area (Å²) in [5, 5.41) is 9.67. The molecule has 0 aromatic heterocycles. The van der Waals surface area contributed by atoms with Crippen LogP contribution in [0.25, 0.3) is 0 Å². The Morgan fingerprint density at radius 2 is 1.79 bits per heavy atom. The van der Waals surface area contributed by atoms with Crippen molar-refractivity contribution < 1.29 is 13.9 Å². The van der Waals surface area contributed by atoms with Crippen LogP contribution in [0.4, 0.5) is 8.78 Å². The first-order valence-electron chi connectivity index (χ1n) is 6.30. The van der Waals surface area contributed by atoms with E-state index in [1.807, 2.05) is 11.9 Å². The second kappa shape index (κ2) is 6.41. The third-order valence-corrected chi connectivity index (χ3v) is 2.79. The molecule has 1 aromatic carbocycles. The Bertz CT molecular complexity index is 398. The fraction of sp³-hybridized carbons (Fsp3) is 0.571. The van der Waals surface area contributed by atoms with Crippen LogP contribution in [0, 0.1) is 11.6 Å². The molecule has 0 spiro atoms. The van der Waals surface area contributed by atoms with Crippen LogP contribution >= 0.6 is 0 Å². The molecule has 0 saturated heterocycles. The number of hydrogen-bond acceptors (Lipinski definition) is 3. The predicted octanol–water partition coefficient (Wildman–Crippen LogP) is 2.06. The Hall–Kier alpha value is -1.04. The van der Waals surface area contributed by atoms with Gasteiger partial charge < -0.3 is 15.7 Å². The van der Waals surface area contributed by atoms with Gasteiger partial charge >= 0.3 is 0 Å². The summed E-state index contributed by atoms with van der Waals surface area (Å²) in [6, 6.07) is 2.92. The van der Waals surface area contributed by atoms with E-state index in [2.05, 4.69) is 0 Å². The van der Waals surface area contributed by atoms with Gasteiger partial charge in [-0.2, -0.15) is 0 Å². The van der Waals surface area contributed by atoms with E-state index in [9.17, 15) is 13.9 Å². The Kier molecular flexibility index (Phi) is 5.40.